The summed E-state index contributed by atoms with van der Waals surface area (Å²) in [5.74, 6) is -4.42. The molecule has 4 saturated carbocycles. The second-order valence-electron chi connectivity index (χ2n) is 11.9. The molecule has 10 atom stereocenters. The minimum atomic E-state index is -2.05. The second kappa shape index (κ2) is 6.91. The van der Waals surface area contributed by atoms with E-state index >= 15 is 0 Å². The molecule has 0 amide bonds. The molecule has 4 N–H and O–H groups in total. The lowest BCUT2D eigenvalue weighted by atomic mass is 9.36. The molecule has 186 valence electrons. The van der Waals surface area contributed by atoms with Crippen LogP contribution < -0.4 is 0 Å². The van der Waals surface area contributed by atoms with Gasteiger partial charge in [-0.15, -0.1) is 0 Å². The van der Waals surface area contributed by atoms with Crippen LogP contribution in [0.4, 0.5) is 0 Å². The SMILES string of the molecule is CC(=O)OC[C@@]1(O)C2CC[C@H]3[C@@]45COC(O)([C@@H](OC(C)=O)[C@@H]4C(C)(C)CC[C@H]5O)[C@]3(C2)[C@@H]1O. The fourth-order valence-corrected chi connectivity index (χ4v) is 8.99. The van der Waals surface area contributed by atoms with Gasteiger partial charge >= 0.3 is 11.9 Å². The number of aliphatic hydroxyl groups excluding tert-OH is 2. The first-order chi connectivity index (χ1) is 15.3. The molecule has 6 aliphatic rings. The fraction of sp³-hybridized carbons (Fsp3) is 0.917. The Morgan fingerprint density at radius 2 is 1.76 bits per heavy atom. The van der Waals surface area contributed by atoms with Crippen molar-refractivity contribution in [1.82, 2.24) is 0 Å². The molecule has 0 aromatic rings. The summed E-state index contributed by atoms with van der Waals surface area (Å²) in [6.45, 7) is 6.31. The maximum atomic E-state index is 12.3. The third-order valence-corrected chi connectivity index (χ3v) is 10.1. The van der Waals surface area contributed by atoms with Gasteiger partial charge in [0.1, 0.15) is 12.2 Å². The van der Waals surface area contributed by atoms with Crippen LogP contribution in [0.3, 0.4) is 0 Å². The van der Waals surface area contributed by atoms with Gasteiger partial charge in [0.2, 0.25) is 5.79 Å². The van der Waals surface area contributed by atoms with E-state index in [0.29, 0.717) is 25.7 Å². The first-order valence-electron chi connectivity index (χ1n) is 12.0. The lowest BCUT2D eigenvalue weighted by molar-refractivity contribution is -0.468. The Bertz CT molecular complexity index is 874. The molecule has 2 aliphatic heterocycles. The van der Waals surface area contributed by atoms with E-state index in [1.54, 1.807) is 0 Å². The van der Waals surface area contributed by atoms with Crippen molar-refractivity contribution in [3.8, 4) is 0 Å². The van der Waals surface area contributed by atoms with Crippen molar-refractivity contribution >= 4 is 11.9 Å². The van der Waals surface area contributed by atoms with E-state index in [9.17, 15) is 30.0 Å². The van der Waals surface area contributed by atoms with Crippen molar-refractivity contribution < 1.29 is 44.2 Å². The summed E-state index contributed by atoms with van der Waals surface area (Å²) in [5.41, 5.74) is -4.38. The summed E-state index contributed by atoms with van der Waals surface area (Å²) in [7, 11) is 0. The maximum Gasteiger partial charge on any atom is 0.303 e. The number of aliphatic hydroxyl groups is 4. The Morgan fingerprint density at radius 3 is 2.39 bits per heavy atom. The predicted molar refractivity (Wildman–Crippen MR) is 112 cm³/mol. The number of ether oxygens (including phenoxy) is 3. The van der Waals surface area contributed by atoms with Crippen molar-refractivity contribution in [2.75, 3.05) is 13.2 Å². The van der Waals surface area contributed by atoms with Gasteiger partial charge in [0.05, 0.1) is 24.2 Å². The average Bonchev–Trinajstić information content (AvgIpc) is 2.90. The molecule has 2 saturated heterocycles. The van der Waals surface area contributed by atoms with Crippen LogP contribution in [0.5, 0.6) is 0 Å². The molecule has 2 heterocycles. The van der Waals surface area contributed by atoms with Crippen LogP contribution in [0.2, 0.25) is 0 Å². The monoisotopic (exact) mass is 468 g/mol. The van der Waals surface area contributed by atoms with Crippen molar-refractivity contribution in [3.05, 3.63) is 0 Å². The van der Waals surface area contributed by atoms with Crippen LogP contribution in [0.25, 0.3) is 0 Å². The molecule has 2 unspecified atom stereocenters. The Hall–Kier alpha value is -1.26. The normalized spacial score (nSPS) is 53.7. The molecular formula is C24H36O9. The maximum absolute atomic E-state index is 12.3. The molecule has 0 aromatic heterocycles. The molecule has 33 heavy (non-hydrogen) atoms. The van der Waals surface area contributed by atoms with Crippen LogP contribution in [-0.4, -0.2) is 75.3 Å². The van der Waals surface area contributed by atoms with E-state index in [4.69, 9.17) is 14.2 Å². The molecule has 0 radical (unpaired) electrons. The summed E-state index contributed by atoms with van der Waals surface area (Å²) >= 11 is 0. The first-order valence-corrected chi connectivity index (χ1v) is 12.0. The number of hydrogen-bond acceptors (Lipinski definition) is 9. The Kier molecular flexibility index (Phi) is 4.91. The van der Waals surface area contributed by atoms with Gasteiger partial charge in [-0.05, 0) is 49.4 Å². The van der Waals surface area contributed by atoms with E-state index in [2.05, 4.69) is 13.8 Å². The molecule has 0 aromatic carbocycles. The molecule has 2 spiro atoms. The molecule has 6 rings (SSSR count). The first kappa shape index (κ1) is 23.5. The van der Waals surface area contributed by atoms with Gasteiger partial charge in [0.25, 0.3) is 0 Å². The van der Waals surface area contributed by atoms with Crippen LogP contribution >= 0.6 is 0 Å². The summed E-state index contributed by atoms with van der Waals surface area (Å²) in [4.78, 5) is 23.7. The van der Waals surface area contributed by atoms with Gasteiger partial charge in [-0.3, -0.25) is 9.59 Å². The summed E-state index contributed by atoms with van der Waals surface area (Å²) in [6, 6.07) is 0. The van der Waals surface area contributed by atoms with Gasteiger partial charge in [-0.2, -0.15) is 0 Å². The van der Waals surface area contributed by atoms with Gasteiger partial charge < -0.3 is 34.6 Å². The lowest BCUT2D eigenvalue weighted by Crippen LogP contribution is -2.84. The molecule has 4 aliphatic carbocycles. The van der Waals surface area contributed by atoms with Crippen LogP contribution in [0.15, 0.2) is 0 Å². The highest BCUT2D eigenvalue weighted by Gasteiger charge is 2.87. The zero-order valence-corrected chi connectivity index (χ0v) is 19.7. The van der Waals surface area contributed by atoms with E-state index < -0.39 is 70.9 Å². The predicted octanol–water partition coefficient (Wildman–Crippen LogP) is 0.505. The Morgan fingerprint density at radius 1 is 1.06 bits per heavy atom. The van der Waals surface area contributed by atoms with E-state index in [-0.39, 0.29) is 24.4 Å². The number of carbonyl (C=O) groups excluding carboxylic acids is 2. The van der Waals surface area contributed by atoms with Gasteiger partial charge in [0.15, 0.2) is 6.10 Å². The van der Waals surface area contributed by atoms with Crippen LogP contribution in [-0.2, 0) is 23.8 Å². The topological polar surface area (TPSA) is 143 Å². The van der Waals surface area contributed by atoms with Gasteiger partial charge in [-0.25, -0.2) is 0 Å². The number of rotatable bonds is 3. The van der Waals surface area contributed by atoms with Crippen LogP contribution in [0.1, 0.15) is 59.8 Å². The van der Waals surface area contributed by atoms with Crippen LogP contribution in [0, 0.1) is 34.0 Å². The molecule has 9 nitrogen and oxygen atoms in total. The zero-order valence-electron chi connectivity index (χ0n) is 19.7. The summed E-state index contributed by atoms with van der Waals surface area (Å²) < 4.78 is 17.0. The molecule has 4 bridgehead atoms. The van der Waals surface area contributed by atoms with Crippen molar-refractivity contribution in [2.24, 2.45) is 34.0 Å². The van der Waals surface area contributed by atoms with E-state index in [1.807, 2.05) is 0 Å². The molecule has 9 heteroatoms. The lowest BCUT2D eigenvalue weighted by Gasteiger charge is -2.75. The van der Waals surface area contributed by atoms with Crippen molar-refractivity contribution in [3.63, 3.8) is 0 Å². The molecule has 6 fully saturated rings. The standard InChI is InChI=1S/C24H36O9/c1-12(25)31-11-23(29)14-5-6-15-21-10-32-24(30,22(15,9-14)19(23)28)18(33-13(2)26)17(21)20(3,4)8-7-16(21)27/h14-19,27-30H,5-11H2,1-4H3/t14?,15-,16+,17+,18-,19-,21+,22-,23+,24?/m0/s1. The third-order valence-electron chi connectivity index (χ3n) is 10.1. The Balaban J connectivity index is 1.70. The molecular weight excluding hydrogens is 432 g/mol. The average molecular weight is 469 g/mol. The summed E-state index contributed by atoms with van der Waals surface area (Å²) in [5, 5.41) is 47.1. The van der Waals surface area contributed by atoms with Crippen molar-refractivity contribution in [2.45, 2.75) is 89.5 Å². The smallest absolute Gasteiger partial charge is 0.303 e. The highest BCUT2D eigenvalue weighted by Crippen LogP contribution is 2.78. The largest absolute Gasteiger partial charge is 0.463 e. The summed E-state index contributed by atoms with van der Waals surface area (Å²) in [6.07, 6.45) is -0.839. The zero-order chi connectivity index (χ0) is 24.2. The van der Waals surface area contributed by atoms with Crippen molar-refractivity contribution in [1.29, 1.82) is 0 Å². The minimum absolute atomic E-state index is 0.0860. The fourth-order valence-electron chi connectivity index (χ4n) is 8.99. The third kappa shape index (κ3) is 2.60. The quantitative estimate of drug-likeness (QED) is 0.436. The number of hydrogen-bond donors (Lipinski definition) is 4. The highest BCUT2D eigenvalue weighted by atomic mass is 16.7. The van der Waals surface area contributed by atoms with E-state index in [0.717, 1.165) is 0 Å². The number of carbonyl (C=O) groups is 2. The number of fused-ring (bicyclic) bond motifs is 2. The minimum Gasteiger partial charge on any atom is -0.463 e. The number of esters is 2. The van der Waals surface area contributed by atoms with E-state index in [1.165, 1.54) is 13.8 Å². The van der Waals surface area contributed by atoms with Gasteiger partial charge in [0, 0.05) is 25.2 Å². The highest BCUT2D eigenvalue weighted by molar-refractivity contribution is 5.66. The van der Waals surface area contributed by atoms with Gasteiger partial charge in [-0.1, -0.05) is 13.8 Å². The second-order valence-corrected chi connectivity index (χ2v) is 11.9. The Labute approximate surface area is 193 Å².